The predicted octanol–water partition coefficient (Wildman–Crippen LogP) is 4.09. The van der Waals surface area contributed by atoms with Gasteiger partial charge in [-0.3, -0.25) is 9.59 Å². The van der Waals surface area contributed by atoms with Crippen molar-refractivity contribution in [1.82, 2.24) is 10.2 Å². The van der Waals surface area contributed by atoms with Gasteiger partial charge < -0.3 is 30.3 Å². The van der Waals surface area contributed by atoms with Gasteiger partial charge in [0.15, 0.2) is 0 Å². The molecule has 1 fully saturated rings. The SMILES string of the molecule is Cc1ccc(NC(=O)Nc2ccc3c(c2)C(=O)N(C)[C@@H]2CC[C@@H](CC(=O)NCC(F)(F)F)O[C@@H]2CO3)cc1. The molecular formula is C26H29F3N4O5. The van der Waals surface area contributed by atoms with Crippen LogP contribution in [0.1, 0.15) is 35.2 Å². The molecule has 0 saturated carbocycles. The van der Waals surface area contributed by atoms with E-state index in [1.165, 1.54) is 0 Å². The molecule has 0 radical (unpaired) electrons. The molecule has 0 unspecified atom stereocenters. The first-order chi connectivity index (χ1) is 18.0. The number of aryl methyl sites for hydroxylation is 1. The van der Waals surface area contributed by atoms with Crippen LogP contribution < -0.4 is 20.7 Å². The molecule has 9 nitrogen and oxygen atoms in total. The van der Waals surface area contributed by atoms with Crippen molar-refractivity contribution in [2.45, 2.75) is 50.6 Å². The smallest absolute Gasteiger partial charge is 0.405 e. The zero-order chi connectivity index (χ0) is 27.4. The molecule has 204 valence electrons. The Hall–Kier alpha value is -3.80. The van der Waals surface area contributed by atoms with Gasteiger partial charge >= 0.3 is 12.2 Å². The molecule has 0 aliphatic carbocycles. The highest BCUT2D eigenvalue weighted by atomic mass is 19.4. The Bertz CT molecular complexity index is 1190. The number of halogens is 3. The quantitative estimate of drug-likeness (QED) is 0.536. The predicted molar refractivity (Wildman–Crippen MR) is 133 cm³/mol. The number of fused-ring (bicyclic) bond motifs is 2. The van der Waals surface area contributed by atoms with Crippen LogP contribution in [-0.4, -0.2) is 67.4 Å². The number of hydrogen-bond donors (Lipinski definition) is 3. The summed E-state index contributed by atoms with van der Waals surface area (Å²) in [7, 11) is 1.64. The van der Waals surface area contributed by atoms with E-state index >= 15 is 0 Å². The average Bonchev–Trinajstić information content (AvgIpc) is 2.86. The van der Waals surface area contributed by atoms with E-state index in [2.05, 4.69) is 10.6 Å². The summed E-state index contributed by atoms with van der Waals surface area (Å²) in [5.41, 5.74) is 2.36. The summed E-state index contributed by atoms with van der Waals surface area (Å²) in [6.07, 6.45) is -4.98. The molecule has 3 atom stereocenters. The van der Waals surface area contributed by atoms with E-state index in [1.807, 2.05) is 24.4 Å². The lowest BCUT2D eigenvalue weighted by molar-refractivity contribution is -0.144. The van der Waals surface area contributed by atoms with E-state index < -0.39 is 36.9 Å². The van der Waals surface area contributed by atoms with E-state index in [0.29, 0.717) is 30.0 Å². The maximum absolute atomic E-state index is 13.3. The molecular weight excluding hydrogens is 505 g/mol. The van der Waals surface area contributed by atoms with Crippen molar-refractivity contribution in [3.63, 3.8) is 0 Å². The van der Waals surface area contributed by atoms with Gasteiger partial charge in [0.05, 0.1) is 24.1 Å². The topological polar surface area (TPSA) is 109 Å². The molecule has 4 amide bonds. The molecule has 2 aromatic carbocycles. The maximum Gasteiger partial charge on any atom is 0.405 e. The maximum atomic E-state index is 13.3. The number of nitrogens with zero attached hydrogens (tertiary/aromatic N) is 1. The summed E-state index contributed by atoms with van der Waals surface area (Å²) >= 11 is 0. The normalized spacial score (nSPS) is 21.2. The highest BCUT2D eigenvalue weighted by molar-refractivity contribution is 6.02. The molecule has 0 spiro atoms. The fourth-order valence-corrected chi connectivity index (χ4v) is 4.51. The minimum atomic E-state index is -4.49. The van der Waals surface area contributed by atoms with Crippen molar-refractivity contribution in [1.29, 1.82) is 0 Å². The number of ether oxygens (including phenoxy) is 2. The van der Waals surface area contributed by atoms with Gasteiger partial charge in [-0.2, -0.15) is 13.2 Å². The fraction of sp³-hybridized carbons (Fsp3) is 0.423. The standard InChI is InChI=1S/C26H29F3N4O5/c1-15-3-5-16(6-4-15)31-25(36)32-17-7-10-21-19(11-17)24(35)33(2)20-9-8-18(38-22(20)13-37-21)12-23(34)30-14-26(27,28)29/h3-7,10-11,18,20,22H,8-9,12-14H2,1-2H3,(H,30,34)(H2,31,32,36)/t18-,20+,22+/m0/s1. The van der Waals surface area contributed by atoms with Crippen molar-refractivity contribution in [3.05, 3.63) is 53.6 Å². The largest absolute Gasteiger partial charge is 0.490 e. The number of urea groups is 1. The molecule has 2 aliphatic heterocycles. The van der Waals surface area contributed by atoms with Crippen LogP contribution >= 0.6 is 0 Å². The van der Waals surface area contributed by atoms with Crippen LogP contribution in [0.15, 0.2) is 42.5 Å². The lowest BCUT2D eigenvalue weighted by Gasteiger charge is -2.42. The van der Waals surface area contributed by atoms with Crippen LogP contribution in [-0.2, 0) is 9.53 Å². The number of alkyl halides is 3. The number of carbonyl (C=O) groups is 3. The fourth-order valence-electron chi connectivity index (χ4n) is 4.51. The van der Waals surface area contributed by atoms with Crippen LogP contribution in [0, 0.1) is 6.92 Å². The molecule has 4 rings (SSSR count). The van der Waals surface area contributed by atoms with Gasteiger partial charge in [-0.1, -0.05) is 17.7 Å². The second-order valence-electron chi connectivity index (χ2n) is 9.42. The molecule has 0 aromatic heterocycles. The van der Waals surface area contributed by atoms with Crippen molar-refractivity contribution in [2.75, 3.05) is 30.8 Å². The van der Waals surface area contributed by atoms with Gasteiger partial charge in [-0.05, 0) is 50.1 Å². The van der Waals surface area contributed by atoms with Crippen LogP contribution in [0.3, 0.4) is 0 Å². The summed E-state index contributed by atoms with van der Waals surface area (Å²) in [6, 6.07) is 11.2. The number of hydrogen-bond acceptors (Lipinski definition) is 5. The molecule has 1 saturated heterocycles. The molecule has 2 aliphatic rings. The van der Waals surface area contributed by atoms with Gasteiger partial charge in [-0.25, -0.2) is 4.79 Å². The number of benzene rings is 2. The minimum Gasteiger partial charge on any atom is -0.490 e. The number of nitrogens with one attached hydrogen (secondary N) is 3. The average molecular weight is 535 g/mol. The first kappa shape index (κ1) is 27.2. The van der Waals surface area contributed by atoms with Gasteiger partial charge in [-0.15, -0.1) is 0 Å². The zero-order valence-electron chi connectivity index (χ0n) is 20.9. The Kier molecular flexibility index (Phi) is 8.10. The number of anilines is 2. The van der Waals surface area contributed by atoms with Crippen molar-refractivity contribution >= 4 is 29.2 Å². The molecule has 3 N–H and O–H groups in total. The van der Waals surface area contributed by atoms with Crippen LogP contribution in [0.5, 0.6) is 5.75 Å². The van der Waals surface area contributed by atoms with Crippen molar-refractivity contribution in [2.24, 2.45) is 0 Å². The molecule has 38 heavy (non-hydrogen) atoms. The van der Waals surface area contributed by atoms with E-state index in [9.17, 15) is 27.6 Å². The Labute approximate surface area is 217 Å². The Morgan fingerprint density at radius 3 is 2.45 bits per heavy atom. The van der Waals surface area contributed by atoms with Crippen LogP contribution in [0.4, 0.5) is 29.3 Å². The molecule has 0 bridgehead atoms. The number of rotatable bonds is 5. The number of likely N-dealkylation sites (N-methyl/N-ethyl adjacent to an activating group) is 1. The van der Waals surface area contributed by atoms with E-state index in [0.717, 1.165) is 5.56 Å². The highest BCUT2D eigenvalue weighted by Gasteiger charge is 2.39. The lowest BCUT2D eigenvalue weighted by Crippen LogP contribution is -2.54. The summed E-state index contributed by atoms with van der Waals surface area (Å²) < 4.78 is 48.9. The van der Waals surface area contributed by atoms with Crippen molar-refractivity contribution < 1.29 is 37.0 Å². The third-order valence-electron chi connectivity index (χ3n) is 6.48. The van der Waals surface area contributed by atoms with E-state index in [-0.39, 0.29) is 30.5 Å². The lowest BCUT2D eigenvalue weighted by atomic mass is 9.94. The van der Waals surface area contributed by atoms with Gasteiger partial charge in [0.2, 0.25) is 5.91 Å². The third-order valence-corrected chi connectivity index (χ3v) is 6.48. The molecule has 12 heteroatoms. The Morgan fingerprint density at radius 2 is 1.74 bits per heavy atom. The number of carbonyl (C=O) groups excluding carboxylic acids is 3. The molecule has 2 aromatic rings. The first-order valence-electron chi connectivity index (χ1n) is 12.2. The van der Waals surface area contributed by atoms with Crippen LogP contribution in [0.25, 0.3) is 0 Å². The van der Waals surface area contributed by atoms with Crippen LogP contribution in [0.2, 0.25) is 0 Å². The number of amides is 4. The van der Waals surface area contributed by atoms with Gasteiger partial charge in [0.25, 0.3) is 5.91 Å². The summed E-state index contributed by atoms with van der Waals surface area (Å²) in [5, 5.41) is 7.30. The van der Waals surface area contributed by atoms with Crippen molar-refractivity contribution in [3.8, 4) is 5.75 Å². The van der Waals surface area contributed by atoms with Gasteiger partial charge in [0, 0.05) is 18.4 Å². The zero-order valence-corrected chi connectivity index (χ0v) is 20.9. The second kappa shape index (κ2) is 11.3. The summed E-state index contributed by atoms with van der Waals surface area (Å²) in [4.78, 5) is 39.2. The first-order valence-corrected chi connectivity index (χ1v) is 12.2. The summed E-state index contributed by atoms with van der Waals surface area (Å²) in [5.74, 6) is -0.778. The van der Waals surface area contributed by atoms with E-state index in [1.54, 1.807) is 42.3 Å². The van der Waals surface area contributed by atoms with Gasteiger partial charge in [0.1, 0.15) is 25.0 Å². The third kappa shape index (κ3) is 6.94. The Morgan fingerprint density at radius 1 is 1.05 bits per heavy atom. The second-order valence-corrected chi connectivity index (χ2v) is 9.42. The minimum absolute atomic E-state index is 0.0800. The van der Waals surface area contributed by atoms with E-state index in [4.69, 9.17) is 9.47 Å². The monoisotopic (exact) mass is 534 g/mol. The highest BCUT2D eigenvalue weighted by Crippen LogP contribution is 2.32. The molecule has 2 heterocycles. The Balaban J connectivity index is 1.40. The summed E-state index contributed by atoms with van der Waals surface area (Å²) in [6.45, 7) is 0.627.